The average molecular weight is 424 g/mol. The molecule has 31 heavy (non-hydrogen) atoms. The molecule has 0 saturated heterocycles. The number of amides is 2. The second kappa shape index (κ2) is 8.70. The Labute approximate surface area is 182 Å². The summed E-state index contributed by atoms with van der Waals surface area (Å²) in [5.41, 5.74) is 0.787. The van der Waals surface area contributed by atoms with Crippen LogP contribution < -0.4 is 10.6 Å². The lowest BCUT2D eigenvalue weighted by Crippen LogP contribution is -2.53. The van der Waals surface area contributed by atoms with Gasteiger partial charge >= 0.3 is 5.97 Å². The van der Waals surface area contributed by atoms with Crippen LogP contribution in [0.3, 0.4) is 0 Å². The van der Waals surface area contributed by atoms with Gasteiger partial charge in [-0.05, 0) is 87.5 Å². The molecule has 0 spiro atoms. The van der Waals surface area contributed by atoms with E-state index >= 15 is 0 Å². The van der Waals surface area contributed by atoms with Crippen molar-refractivity contribution in [2.45, 2.75) is 58.0 Å². The summed E-state index contributed by atoms with van der Waals surface area (Å²) in [7, 11) is 0. The molecule has 0 unspecified atom stereocenters. The van der Waals surface area contributed by atoms with Gasteiger partial charge in [0, 0.05) is 17.6 Å². The number of carbonyl (C=O) groups is 3. The minimum Gasteiger partial charge on any atom is -0.452 e. The minimum atomic E-state index is -0.956. The summed E-state index contributed by atoms with van der Waals surface area (Å²) >= 11 is 0. The standard InChI is InChI=1S/C24H29N3O4/c1-15(22(29)27-20-4-2-16(14-25)3-5-20)31-21(28)6-7-26-23(30)24-11-17-8-18(12-24)10-19(9-17)13-24/h2-5,15,17-19H,6-13H2,1H3,(H,26,30)(H,27,29)/t15-,17?,18?,19?,24?/m1/s1. The number of rotatable bonds is 7. The lowest BCUT2D eigenvalue weighted by atomic mass is 9.49. The minimum absolute atomic E-state index is 0.0343. The van der Waals surface area contributed by atoms with E-state index in [-0.39, 0.29) is 24.3 Å². The zero-order chi connectivity index (χ0) is 22.0. The van der Waals surface area contributed by atoms with Gasteiger partial charge in [0.1, 0.15) is 0 Å². The van der Waals surface area contributed by atoms with Crippen LogP contribution in [0.1, 0.15) is 57.4 Å². The predicted molar refractivity (Wildman–Crippen MR) is 114 cm³/mol. The van der Waals surface area contributed by atoms with Gasteiger partial charge in [0.15, 0.2) is 6.10 Å². The van der Waals surface area contributed by atoms with Crippen molar-refractivity contribution in [1.29, 1.82) is 5.26 Å². The van der Waals surface area contributed by atoms with E-state index in [2.05, 4.69) is 10.6 Å². The van der Waals surface area contributed by atoms with Crippen molar-refractivity contribution >= 4 is 23.5 Å². The van der Waals surface area contributed by atoms with E-state index in [9.17, 15) is 14.4 Å². The number of nitrogens with one attached hydrogen (secondary N) is 2. The Hall–Kier alpha value is -2.88. The van der Waals surface area contributed by atoms with Gasteiger partial charge in [-0.3, -0.25) is 14.4 Å². The molecule has 0 aliphatic heterocycles. The molecule has 0 heterocycles. The lowest BCUT2D eigenvalue weighted by Gasteiger charge is -2.55. The quantitative estimate of drug-likeness (QED) is 0.655. The van der Waals surface area contributed by atoms with E-state index in [1.807, 2.05) is 6.07 Å². The number of nitrogens with zero attached hydrogens (tertiary/aromatic N) is 1. The SMILES string of the molecule is C[C@@H](OC(=O)CCNC(=O)C12CC3CC(CC(C3)C1)C2)C(=O)Nc1ccc(C#N)cc1. The molecule has 0 aromatic heterocycles. The number of nitriles is 1. The van der Waals surface area contributed by atoms with Crippen molar-refractivity contribution in [3.63, 3.8) is 0 Å². The maximum atomic E-state index is 12.9. The third-order valence-corrected chi connectivity index (χ3v) is 7.09. The van der Waals surface area contributed by atoms with Crippen molar-refractivity contribution < 1.29 is 19.1 Å². The van der Waals surface area contributed by atoms with Crippen molar-refractivity contribution in [1.82, 2.24) is 5.32 Å². The van der Waals surface area contributed by atoms with Crippen LogP contribution in [0.15, 0.2) is 24.3 Å². The lowest BCUT2D eigenvalue weighted by molar-refractivity contribution is -0.153. The van der Waals surface area contributed by atoms with Gasteiger partial charge < -0.3 is 15.4 Å². The Kier molecular flexibility index (Phi) is 5.99. The number of hydrogen-bond donors (Lipinski definition) is 2. The fourth-order valence-electron chi connectivity index (χ4n) is 6.04. The first-order valence-electron chi connectivity index (χ1n) is 11.2. The molecule has 1 atom stereocenters. The molecule has 4 bridgehead atoms. The molecular formula is C24H29N3O4. The predicted octanol–water partition coefficient (Wildman–Crippen LogP) is 3.15. The molecule has 7 nitrogen and oxygen atoms in total. The third kappa shape index (κ3) is 4.73. The second-order valence-corrected chi connectivity index (χ2v) is 9.51. The monoisotopic (exact) mass is 423 g/mol. The maximum Gasteiger partial charge on any atom is 0.308 e. The normalized spacial score (nSPS) is 29.0. The smallest absolute Gasteiger partial charge is 0.308 e. The highest BCUT2D eigenvalue weighted by molar-refractivity contribution is 5.95. The van der Waals surface area contributed by atoms with Gasteiger partial charge in [-0.1, -0.05) is 0 Å². The van der Waals surface area contributed by atoms with Crippen LogP contribution in [-0.4, -0.2) is 30.4 Å². The fraction of sp³-hybridized carbons (Fsp3) is 0.583. The van der Waals surface area contributed by atoms with Crippen molar-refractivity contribution in [3.8, 4) is 6.07 Å². The number of benzene rings is 1. The number of esters is 1. The van der Waals surface area contributed by atoms with Crippen LogP contribution in [0.2, 0.25) is 0 Å². The molecular weight excluding hydrogens is 394 g/mol. The Morgan fingerprint density at radius 2 is 1.68 bits per heavy atom. The Balaban J connectivity index is 1.20. The maximum absolute atomic E-state index is 12.9. The molecule has 7 heteroatoms. The van der Waals surface area contributed by atoms with E-state index in [1.165, 1.54) is 26.2 Å². The molecule has 2 N–H and O–H groups in total. The zero-order valence-electron chi connectivity index (χ0n) is 17.9. The van der Waals surface area contributed by atoms with Crippen LogP contribution >= 0.6 is 0 Å². The summed E-state index contributed by atoms with van der Waals surface area (Å²) in [6, 6.07) is 8.43. The molecule has 2 amide bonds. The van der Waals surface area contributed by atoms with Crippen LogP contribution in [0.4, 0.5) is 5.69 Å². The largest absolute Gasteiger partial charge is 0.452 e. The number of carbonyl (C=O) groups excluding carboxylic acids is 3. The van der Waals surface area contributed by atoms with Crippen LogP contribution in [0, 0.1) is 34.5 Å². The first-order valence-corrected chi connectivity index (χ1v) is 11.2. The molecule has 4 fully saturated rings. The molecule has 4 aliphatic carbocycles. The van der Waals surface area contributed by atoms with E-state index in [0.717, 1.165) is 19.3 Å². The van der Waals surface area contributed by atoms with Gasteiger partial charge in [-0.15, -0.1) is 0 Å². The van der Waals surface area contributed by atoms with Crippen LogP contribution in [0.5, 0.6) is 0 Å². The summed E-state index contributed by atoms with van der Waals surface area (Å²) in [5, 5.41) is 14.4. The second-order valence-electron chi connectivity index (χ2n) is 9.51. The van der Waals surface area contributed by atoms with Crippen LogP contribution in [-0.2, 0) is 19.1 Å². The molecule has 4 saturated carbocycles. The number of hydrogen-bond acceptors (Lipinski definition) is 5. The van der Waals surface area contributed by atoms with Gasteiger partial charge in [0.05, 0.1) is 18.1 Å². The van der Waals surface area contributed by atoms with Crippen molar-refractivity contribution in [2.75, 3.05) is 11.9 Å². The Morgan fingerprint density at radius 3 is 2.23 bits per heavy atom. The van der Waals surface area contributed by atoms with Gasteiger partial charge in [-0.25, -0.2) is 0 Å². The molecule has 5 rings (SSSR count). The molecule has 4 aliphatic rings. The Bertz CT molecular complexity index is 867. The summed E-state index contributed by atoms with van der Waals surface area (Å²) in [6.07, 6.45) is 5.88. The van der Waals surface area contributed by atoms with E-state index < -0.39 is 18.0 Å². The number of ether oxygens (including phenoxy) is 1. The molecule has 164 valence electrons. The molecule has 1 aromatic carbocycles. The molecule has 1 aromatic rings. The van der Waals surface area contributed by atoms with Gasteiger partial charge in [-0.2, -0.15) is 5.26 Å². The first kappa shape index (κ1) is 21.4. The molecule has 0 radical (unpaired) electrons. The van der Waals surface area contributed by atoms with E-state index in [4.69, 9.17) is 10.00 Å². The highest BCUT2D eigenvalue weighted by atomic mass is 16.5. The van der Waals surface area contributed by atoms with Crippen LogP contribution in [0.25, 0.3) is 0 Å². The van der Waals surface area contributed by atoms with E-state index in [0.29, 0.717) is 29.0 Å². The van der Waals surface area contributed by atoms with Crippen molar-refractivity contribution in [3.05, 3.63) is 29.8 Å². The average Bonchev–Trinajstić information content (AvgIpc) is 2.73. The number of anilines is 1. The third-order valence-electron chi connectivity index (χ3n) is 7.09. The van der Waals surface area contributed by atoms with Gasteiger partial charge in [0.2, 0.25) is 5.91 Å². The zero-order valence-corrected chi connectivity index (χ0v) is 17.9. The van der Waals surface area contributed by atoms with E-state index in [1.54, 1.807) is 24.3 Å². The topological polar surface area (TPSA) is 108 Å². The highest BCUT2D eigenvalue weighted by Gasteiger charge is 2.54. The Morgan fingerprint density at radius 1 is 1.10 bits per heavy atom. The summed E-state index contributed by atoms with van der Waals surface area (Å²) < 4.78 is 5.21. The summed E-state index contributed by atoms with van der Waals surface area (Å²) in [5.74, 6) is 1.20. The van der Waals surface area contributed by atoms with Crippen molar-refractivity contribution in [2.24, 2.45) is 23.2 Å². The summed E-state index contributed by atoms with van der Waals surface area (Å²) in [6.45, 7) is 1.73. The fourth-order valence-corrected chi connectivity index (χ4v) is 6.04. The first-order chi connectivity index (χ1) is 14.9. The van der Waals surface area contributed by atoms with Gasteiger partial charge in [0.25, 0.3) is 5.91 Å². The summed E-state index contributed by atoms with van der Waals surface area (Å²) in [4.78, 5) is 37.3. The highest BCUT2D eigenvalue weighted by Crippen LogP contribution is 2.60.